The predicted molar refractivity (Wildman–Crippen MR) is 36.7 cm³/mol. The van der Waals surface area contributed by atoms with Gasteiger partial charge in [-0.25, -0.2) is 0 Å². The third kappa shape index (κ3) is 7.39. The minimum absolute atomic E-state index is 0.278. The van der Waals surface area contributed by atoms with Gasteiger partial charge in [0.25, 0.3) is 0 Å². The van der Waals surface area contributed by atoms with Crippen LogP contribution in [-0.4, -0.2) is 30.8 Å². The first-order valence-electron chi connectivity index (χ1n) is 3.27. The maximum Gasteiger partial charge on any atom is 0.317 e. The maximum absolute atomic E-state index is 9.24. The largest absolute Gasteiger partial charge is 0.480 e. The lowest BCUT2D eigenvalue weighted by Crippen LogP contribution is -2.10. The summed E-state index contributed by atoms with van der Waals surface area (Å²) in [6.45, 7) is 1.72. The van der Waals surface area contributed by atoms with E-state index in [1.54, 1.807) is 0 Å². The minimum Gasteiger partial charge on any atom is -0.480 e. The van der Waals surface area contributed by atoms with Crippen molar-refractivity contribution < 1.29 is 14.6 Å². The van der Waals surface area contributed by atoms with E-state index in [1.807, 2.05) is 0 Å². The zero-order chi connectivity index (χ0) is 7.82. The molecule has 0 aromatic rings. The van der Waals surface area contributed by atoms with Gasteiger partial charge in [-0.1, -0.05) is 0 Å². The van der Waals surface area contributed by atoms with Crippen molar-refractivity contribution in [2.45, 2.75) is 12.8 Å². The number of hydrogen-bond donors (Lipinski definition) is 2. The topological polar surface area (TPSA) is 72.5 Å². The number of hydrogen-bond acceptors (Lipinski definition) is 3. The van der Waals surface area contributed by atoms with E-state index >= 15 is 0 Å². The number of carbonyl (C=O) groups is 1. The molecule has 0 atom stereocenters. The second-order valence-electron chi connectivity index (χ2n) is 1.92. The Hall–Kier alpha value is -0.610. The molecule has 4 nitrogen and oxygen atoms in total. The molecule has 0 saturated carbocycles. The molecule has 1 rings (SSSR count). The molecule has 0 spiro atoms. The average molecular weight is 147 g/mol. The molecule has 0 amide bonds. The Bertz CT molecular complexity index is 83.4. The van der Waals surface area contributed by atoms with Crippen LogP contribution in [-0.2, 0) is 9.53 Å². The van der Waals surface area contributed by atoms with Crippen molar-refractivity contribution in [2.75, 3.05) is 19.8 Å². The van der Waals surface area contributed by atoms with Crippen LogP contribution in [0.2, 0.25) is 0 Å². The highest BCUT2D eigenvalue weighted by molar-refractivity contribution is 5.68. The molecule has 0 aliphatic carbocycles. The zero-order valence-corrected chi connectivity index (χ0v) is 5.88. The zero-order valence-electron chi connectivity index (χ0n) is 5.88. The number of ether oxygens (including phenoxy) is 1. The summed E-state index contributed by atoms with van der Waals surface area (Å²) in [4.78, 5) is 9.24. The molecule has 1 saturated heterocycles. The number of carboxylic acids is 1. The average Bonchev–Trinajstić information content (AvgIpc) is 2.43. The van der Waals surface area contributed by atoms with Crippen molar-refractivity contribution in [3.8, 4) is 0 Å². The van der Waals surface area contributed by atoms with Crippen LogP contribution >= 0.6 is 0 Å². The molecule has 10 heavy (non-hydrogen) atoms. The van der Waals surface area contributed by atoms with Gasteiger partial charge in [-0.2, -0.15) is 0 Å². The van der Waals surface area contributed by atoms with Crippen LogP contribution in [0.1, 0.15) is 12.8 Å². The van der Waals surface area contributed by atoms with Gasteiger partial charge in [-0.3, -0.25) is 4.79 Å². The molecule has 3 N–H and O–H groups in total. The van der Waals surface area contributed by atoms with Crippen LogP contribution in [0, 0.1) is 0 Å². The van der Waals surface area contributed by atoms with Gasteiger partial charge in [0.15, 0.2) is 0 Å². The van der Waals surface area contributed by atoms with Gasteiger partial charge in [0, 0.05) is 13.2 Å². The van der Waals surface area contributed by atoms with Crippen molar-refractivity contribution in [1.82, 2.24) is 0 Å². The number of carboxylic acid groups (broad SMARTS) is 1. The van der Waals surface area contributed by atoms with Gasteiger partial charge in [-0.15, -0.1) is 0 Å². The number of rotatable bonds is 1. The fourth-order valence-corrected chi connectivity index (χ4v) is 0.510. The van der Waals surface area contributed by atoms with Gasteiger partial charge in [0.2, 0.25) is 0 Å². The lowest BCUT2D eigenvalue weighted by Gasteiger charge is -1.76. The summed E-state index contributed by atoms with van der Waals surface area (Å²) in [7, 11) is 0. The summed E-state index contributed by atoms with van der Waals surface area (Å²) >= 11 is 0. The molecule has 0 aromatic heterocycles. The molecule has 1 heterocycles. The van der Waals surface area contributed by atoms with Crippen LogP contribution in [0.15, 0.2) is 0 Å². The van der Waals surface area contributed by atoms with E-state index in [-0.39, 0.29) is 6.54 Å². The smallest absolute Gasteiger partial charge is 0.317 e. The van der Waals surface area contributed by atoms with E-state index in [9.17, 15) is 4.79 Å². The summed E-state index contributed by atoms with van der Waals surface area (Å²) in [5, 5.41) is 7.60. The Labute approximate surface area is 60.0 Å². The number of nitrogens with two attached hydrogens (primary N) is 1. The maximum atomic E-state index is 9.24. The van der Waals surface area contributed by atoms with Crippen molar-refractivity contribution in [2.24, 2.45) is 5.73 Å². The fourth-order valence-electron chi connectivity index (χ4n) is 0.510. The molecule has 60 valence electrons. The highest BCUT2D eigenvalue weighted by atomic mass is 16.5. The summed E-state index contributed by atoms with van der Waals surface area (Å²) < 4.78 is 4.94. The Morgan fingerprint density at radius 1 is 1.50 bits per heavy atom. The van der Waals surface area contributed by atoms with Gasteiger partial charge < -0.3 is 15.6 Å². The van der Waals surface area contributed by atoms with E-state index in [0.717, 1.165) is 13.2 Å². The molecule has 0 radical (unpaired) electrons. The Morgan fingerprint density at radius 3 is 2.00 bits per heavy atom. The van der Waals surface area contributed by atoms with Crippen molar-refractivity contribution in [3.63, 3.8) is 0 Å². The molecule has 1 aliphatic rings. The van der Waals surface area contributed by atoms with E-state index < -0.39 is 5.97 Å². The van der Waals surface area contributed by atoms with Crippen LogP contribution in [0.25, 0.3) is 0 Å². The van der Waals surface area contributed by atoms with Gasteiger partial charge in [0.1, 0.15) is 0 Å². The van der Waals surface area contributed by atoms with Crippen LogP contribution < -0.4 is 5.73 Å². The molecular weight excluding hydrogens is 134 g/mol. The Kier molecular flexibility index (Phi) is 6.11. The molecule has 0 bridgehead atoms. The lowest BCUT2D eigenvalue weighted by molar-refractivity contribution is -0.135. The van der Waals surface area contributed by atoms with Crippen molar-refractivity contribution in [3.05, 3.63) is 0 Å². The first-order chi connectivity index (χ1) is 4.77. The molecule has 0 aromatic carbocycles. The van der Waals surface area contributed by atoms with Gasteiger partial charge in [0.05, 0.1) is 6.54 Å². The monoisotopic (exact) mass is 147 g/mol. The molecule has 4 heteroatoms. The first-order valence-corrected chi connectivity index (χ1v) is 3.27. The molecular formula is C6H13NO3. The predicted octanol–water partition coefficient (Wildman–Crippen LogP) is -0.174. The summed E-state index contributed by atoms with van der Waals surface area (Å²) in [6.07, 6.45) is 2.56. The van der Waals surface area contributed by atoms with Gasteiger partial charge >= 0.3 is 5.97 Å². The quantitative estimate of drug-likeness (QED) is 0.540. The first kappa shape index (κ1) is 9.39. The summed E-state index contributed by atoms with van der Waals surface area (Å²) in [5.74, 6) is -0.968. The highest BCUT2D eigenvalue weighted by Gasteiger charge is 1.94. The highest BCUT2D eigenvalue weighted by Crippen LogP contribution is 1.98. The standard InChI is InChI=1S/C4H8O.C2H5NO2/c1-2-4-5-3-1;3-1-2(4)5/h1-4H2;1,3H2,(H,4,5). The van der Waals surface area contributed by atoms with Crippen LogP contribution in [0.3, 0.4) is 0 Å². The van der Waals surface area contributed by atoms with E-state index in [0.29, 0.717) is 0 Å². The second kappa shape index (κ2) is 6.51. The minimum atomic E-state index is -0.968. The summed E-state index contributed by atoms with van der Waals surface area (Å²) in [5.41, 5.74) is 4.57. The molecule has 0 unspecified atom stereocenters. The lowest BCUT2D eigenvalue weighted by atomic mass is 10.4. The fraction of sp³-hybridized carbons (Fsp3) is 0.833. The molecule has 1 fully saturated rings. The number of aliphatic carboxylic acids is 1. The van der Waals surface area contributed by atoms with Crippen LogP contribution in [0.5, 0.6) is 0 Å². The Morgan fingerprint density at radius 2 is 1.90 bits per heavy atom. The van der Waals surface area contributed by atoms with Crippen molar-refractivity contribution >= 4 is 5.97 Å². The van der Waals surface area contributed by atoms with E-state index in [2.05, 4.69) is 5.73 Å². The van der Waals surface area contributed by atoms with Crippen molar-refractivity contribution in [1.29, 1.82) is 0 Å². The third-order valence-electron chi connectivity index (χ3n) is 1.00. The van der Waals surface area contributed by atoms with Gasteiger partial charge in [-0.05, 0) is 12.8 Å². The summed E-state index contributed by atoms with van der Waals surface area (Å²) in [6, 6.07) is 0. The second-order valence-corrected chi connectivity index (χ2v) is 1.92. The van der Waals surface area contributed by atoms with E-state index in [4.69, 9.17) is 9.84 Å². The third-order valence-corrected chi connectivity index (χ3v) is 1.00. The normalized spacial score (nSPS) is 15.7. The SMILES string of the molecule is C1CCOC1.NCC(=O)O. The Balaban J connectivity index is 0.000000162. The van der Waals surface area contributed by atoms with Crippen LogP contribution in [0.4, 0.5) is 0 Å². The molecule has 1 aliphatic heterocycles. The van der Waals surface area contributed by atoms with E-state index in [1.165, 1.54) is 12.8 Å².